The average molecular weight is 180 g/mol. The molecule has 2 rings (SSSR count). The van der Waals surface area contributed by atoms with Gasteiger partial charge in [0, 0.05) is 16.9 Å². The van der Waals surface area contributed by atoms with Crippen LogP contribution in [0.25, 0.3) is 0 Å². The highest BCUT2D eigenvalue weighted by Crippen LogP contribution is 2.38. The van der Waals surface area contributed by atoms with Gasteiger partial charge in [0.1, 0.15) is 5.82 Å². The quantitative estimate of drug-likeness (QED) is 0.686. The highest BCUT2D eigenvalue weighted by Gasteiger charge is 2.36. The Hall–Kier alpha value is -1.25. The van der Waals surface area contributed by atoms with Crippen molar-refractivity contribution in [3.05, 3.63) is 24.0 Å². The first-order valence-electron chi connectivity index (χ1n) is 4.42. The molecule has 0 bridgehead atoms. The first-order valence-corrected chi connectivity index (χ1v) is 4.42. The van der Waals surface area contributed by atoms with Crippen LogP contribution in [0.15, 0.2) is 18.2 Å². The Labute approximate surface area is 76.9 Å². The summed E-state index contributed by atoms with van der Waals surface area (Å²) in [5.74, 6) is -0.285. The van der Waals surface area contributed by atoms with Crippen molar-refractivity contribution in [1.82, 2.24) is 0 Å². The summed E-state index contributed by atoms with van der Waals surface area (Å²) >= 11 is 0. The van der Waals surface area contributed by atoms with Crippen molar-refractivity contribution in [3.63, 3.8) is 0 Å². The fourth-order valence-corrected chi connectivity index (χ4v) is 1.35. The number of nitrogens with one attached hydrogen (secondary N) is 1. The summed E-state index contributed by atoms with van der Waals surface area (Å²) in [4.78, 5) is 0. The van der Waals surface area contributed by atoms with Gasteiger partial charge < -0.3 is 11.1 Å². The highest BCUT2D eigenvalue weighted by atomic mass is 19.1. The molecule has 0 spiro atoms. The summed E-state index contributed by atoms with van der Waals surface area (Å²) in [6.45, 7) is 2.12. The number of benzene rings is 1. The molecule has 1 aromatic carbocycles. The van der Waals surface area contributed by atoms with Crippen molar-refractivity contribution >= 4 is 11.4 Å². The van der Waals surface area contributed by atoms with Gasteiger partial charge in [-0.1, -0.05) is 0 Å². The van der Waals surface area contributed by atoms with Gasteiger partial charge in [-0.25, -0.2) is 4.39 Å². The molecular formula is C10H13FN2. The average Bonchev–Trinajstić information content (AvgIpc) is 2.64. The van der Waals surface area contributed by atoms with Gasteiger partial charge in [0.2, 0.25) is 0 Å². The van der Waals surface area contributed by atoms with Gasteiger partial charge in [0.25, 0.3) is 0 Å². The van der Waals surface area contributed by atoms with Crippen LogP contribution in [0.2, 0.25) is 0 Å². The minimum absolute atomic E-state index is 0.167. The molecule has 1 saturated carbocycles. The molecule has 70 valence electrons. The third-order valence-electron chi connectivity index (χ3n) is 2.37. The molecule has 0 aromatic heterocycles. The standard InChI is InChI=1S/C10H13FN2/c1-10(2-3-10)13-9-5-7(11)4-8(12)6-9/h4-6,13H,2-3,12H2,1H3. The van der Waals surface area contributed by atoms with Crippen LogP contribution in [0.3, 0.4) is 0 Å². The molecule has 1 aliphatic carbocycles. The Morgan fingerprint density at radius 2 is 2.08 bits per heavy atom. The summed E-state index contributed by atoms with van der Waals surface area (Å²) in [7, 11) is 0. The molecule has 0 unspecified atom stereocenters. The van der Waals surface area contributed by atoms with Crippen LogP contribution in [0.5, 0.6) is 0 Å². The first-order chi connectivity index (χ1) is 6.07. The van der Waals surface area contributed by atoms with E-state index in [2.05, 4.69) is 12.2 Å². The van der Waals surface area contributed by atoms with Crippen LogP contribution in [-0.4, -0.2) is 5.54 Å². The van der Waals surface area contributed by atoms with Gasteiger partial charge in [-0.3, -0.25) is 0 Å². The second-order valence-electron chi connectivity index (χ2n) is 3.96. The number of hydrogen-bond donors (Lipinski definition) is 2. The minimum atomic E-state index is -0.285. The minimum Gasteiger partial charge on any atom is -0.399 e. The van der Waals surface area contributed by atoms with E-state index < -0.39 is 0 Å². The zero-order valence-electron chi connectivity index (χ0n) is 7.60. The Balaban J connectivity index is 2.20. The van der Waals surface area contributed by atoms with Crippen molar-refractivity contribution in [2.24, 2.45) is 0 Å². The summed E-state index contributed by atoms with van der Waals surface area (Å²) in [5.41, 5.74) is 6.93. The van der Waals surface area contributed by atoms with E-state index in [9.17, 15) is 4.39 Å². The van der Waals surface area contributed by atoms with Crippen molar-refractivity contribution in [3.8, 4) is 0 Å². The van der Waals surface area contributed by atoms with Gasteiger partial charge in [-0.15, -0.1) is 0 Å². The van der Waals surface area contributed by atoms with Gasteiger partial charge in [-0.05, 0) is 38.0 Å². The number of nitrogen functional groups attached to an aromatic ring is 1. The summed E-state index contributed by atoms with van der Waals surface area (Å²) < 4.78 is 12.9. The monoisotopic (exact) mass is 180 g/mol. The molecule has 13 heavy (non-hydrogen) atoms. The van der Waals surface area contributed by atoms with Crippen molar-refractivity contribution in [2.75, 3.05) is 11.1 Å². The molecule has 1 aromatic rings. The lowest BCUT2D eigenvalue weighted by molar-refractivity contribution is 0.628. The fourth-order valence-electron chi connectivity index (χ4n) is 1.35. The molecule has 2 nitrogen and oxygen atoms in total. The molecule has 0 saturated heterocycles. The molecule has 0 aliphatic heterocycles. The fraction of sp³-hybridized carbons (Fsp3) is 0.400. The van der Waals surface area contributed by atoms with E-state index in [-0.39, 0.29) is 11.4 Å². The number of rotatable bonds is 2. The maximum Gasteiger partial charge on any atom is 0.127 e. The molecular weight excluding hydrogens is 167 g/mol. The van der Waals surface area contributed by atoms with Crippen LogP contribution >= 0.6 is 0 Å². The molecule has 0 radical (unpaired) electrons. The lowest BCUT2D eigenvalue weighted by Gasteiger charge is -2.13. The first kappa shape index (κ1) is 8.35. The Bertz CT molecular complexity index is 311. The molecule has 1 aliphatic rings. The lowest BCUT2D eigenvalue weighted by Crippen LogP contribution is -2.15. The third kappa shape index (κ3) is 1.91. The number of hydrogen-bond acceptors (Lipinski definition) is 2. The van der Waals surface area contributed by atoms with Crippen LogP contribution in [-0.2, 0) is 0 Å². The van der Waals surface area contributed by atoms with E-state index in [4.69, 9.17) is 5.73 Å². The van der Waals surface area contributed by atoms with Crippen LogP contribution < -0.4 is 11.1 Å². The zero-order chi connectivity index (χ0) is 9.47. The predicted octanol–water partition coefficient (Wildman–Crippen LogP) is 2.37. The van der Waals surface area contributed by atoms with Gasteiger partial charge in [-0.2, -0.15) is 0 Å². The normalized spacial score (nSPS) is 18.3. The van der Waals surface area contributed by atoms with E-state index in [1.807, 2.05) is 0 Å². The molecule has 3 heteroatoms. The predicted molar refractivity (Wildman–Crippen MR) is 52.1 cm³/mol. The van der Waals surface area contributed by atoms with Gasteiger partial charge >= 0.3 is 0 Å². The summed E-state index contributed by atoms with van der Waals surface area (Å²) in [5, 5.41) is 3.25. The number of anilines is 2. The van der Waals surface area contributed by atoms with Crippen molar-refractivity contribution in [1.29, 1.82) is 0 Å². The van der Waals surface area contributed by atoms with Crippen LogP contribution in [0.4, 0.5) is 15.8 Å². The second kappa shape index (κ2) is 2.62. The van der Waals surface area contributed by atoms with Gasteiger partial charge in [0.05, 0.1) is 0 Å². The topological polar surface area (TPSA) is 38.0 Å². The SMILES string of the molecule is CC1(Nc2cc(N)cc(F)c2)CC1. The molecule has 0 heterocycles. The largest absolute Gasteiger partial charge is 0.399 e. The zero-order valence-corrected chi connectivity index (χ0v) is 7.60. The maximum atomic E-state index is 12.9. The van der Waals surface area contributed by atoms with E-state index in [0.717, 1.165) is 18.5 Å². The van der Waals surface area contributed by atoms with E-state index in [0.29, 0.717) is 5.69 Å². The van der Waals surface area contributed by atoms with Crippen LogP contribution in [0, 0.1) is 5.82 Å². The highest BCUT2D eigenvalue weighted by molar-refractivity contribution is 5.56. The second-order valence-corrected chi connectivity index (χ2v) is 3.96. The summed E-state index contributed by atoms with van der Waals surface area (Å²) in [6, 6.07) is 4.55. The molecule has 0 atom stereocenters. The van der Waals surface area contributed by atoms with E-state index >= 15 is 0 Å². The van der Waals surface area contributed by atoms with Crippen molar-refractivity contribution < 1.29 is 4.39 Å². The lowest BCUT2D eigenvalue weighted by atomic mass is 10.2. The smallest absolute Gasteiger partial charge is 0.127 e. The van der Waals surface area contributed by atoms with Crippen molar-refractivity contribution in [2.45, 2.75) is 25.3 Å². The Morgan fingerprint density at radius 1 is 1.38 bits per heavy atom. The maximum absolute atomic E-state index is 12.9. The van der Waals surface area contributed by atoms with Gasteiger partial charge in [0.15, 0.2) is 0 Å². The Morgan fingerprint density at radius 3 is 2.62 bits per heavy atom. The number of nitrogens with two attached hydrogens (primary N) is 1. The molecule has 0 amide bonds. The molecule has 1 fully saturated rings. The van der Waals surface area contributed by atoms with E-state index in [1.165, 1.54) is 12.1 Å². The third-order valence-corrected chi connectivity index (χ3v) is 2.37. The Kier molecular flexibility index (Phi) is 1.68. The molecule has 3 N–H and O–H groups in total. The van der Waals surface area contributed by atoms with E-state index in [1.54, 1.807) is 6.07 Å². The number of halogens is 1. The summed E-state index contributed by atoms with van der Waals surface area (Å²) in [6.07, 6.45) is 2.28. The van der Waals surface area contributed by atoms with Crippen LogP contribution in [0.1, 0.15) is 19.8 Å².